The molecule has 0 radical (unpaired) electrons. The van der Waals surface area contributed by atoms with Gasteiger partial charge in [0.05, 0.1) is 19.9 Å². The van der Waals surface area contributed by atoms with E-state index in [4.69, 9.17) is 4.74 Å². The van der Waals surface area contributed by atoms with Crippen molar-refractivity contribution in [3.8, 4) is 23.6 Å². The topological polar surface area (TPSA) is 94.1 Å². The second kappa shape index (κ2) is 9.81. The Kier molecular flexibility index (Phi) is 7.08. The number of ether oxygens (including phenoxy) is 1. The summed E-state index contributed by atoms with van der Waals surface area (Å²) >= 11 is 2.39. The van der Waals surface area contributed by atoms with Crippen molar-refractivity contribution < 1.29 is 14.6 Å². The first-order chi connectivity index (χ1) is 15.4. The Morgan fingerprint density at radius 1 is 1.00 bits per heavy atom. The maximum atomic E-state index is 13.0. The number of thioether (sulfide) groups is 2. The van der Waals surface area contributed by atoms with E-state index < -0.39 is 0 Å². The zero-order chi connectivity index (χ0) is 22.8. The van der Waals surface area contributed by atoms with E-state index >= 15 is 0 Å². The fourth-order valence-corrected chi connectivity index (χ4v) is 7.76. The van der Waals surface area contributed by atoms with E-state index in [1.807, 2.05) is 12.1 Å². The molecular weight excluding hydrogens is 440 g/mol. The quantitative estimate of drug-likeness (QED) is 0.300. The van der Waals surface area contributed by atoms with E-state index in [2.05, 4.69) is 6.92 Å². The zero-order valence-electron chi connectivity index (χ0n) is 18.5. The summed E-state index contributed by atoms with van der Waals surface area (Å²) in [6, 6.07) is 5.37. The molecule has 0 spiro atoms. The lowest BCUT2D eigenvalue weighted by atomic mass is 9.69. The number of benzene rings is 1. The number of nitriles is 2. The van der Waals surface area contributed by atoms with Gasteiger partial charge in [-0.15, -0.1) is 0 Å². The summed E-state index contributed by atoms with van der Waals surface area (Å²) < 4.78 is 6.41. The largest absolute Gasteiger partial charge is 0.507 e. The van der Waals surface area contributed by atoms with Gasteiger partial charge in [-0.05, 0) is 74.8 Å². The van der Waals surface area contributed by atoms with E-state index in [1.54, 1.807) is 13.0 Å². The molecule has 0 bridgehead atoms. The Hall–Kier alpha value is -2.09. The SMILES string of the molecule is Cc1cc(O)c2c(c1OC(=O)C1CCC(C3CCC(C)CC3)CC1)SC(=C(C#N)C#N)S2. The molecule has 1 aromatic rings. The minimum atomic E-state index is -0.208. The number of hydrogen-bond donors (Lipinski definition) is 1. The summed E-state index contributed by atoms with van der Waals surface area (Å²) in [4.78, 5) is 14.2. The standard InChI is InChI=1S/C25H28N2O3S2/c1-14-3-5-16(6-4-14)17-7-9-18(10-8-17)24(29)30-21-15(2)11-20(28)22-23(21)32-25(31-22)19(12-26)13-27/h11,14,16-18,28H,3-10H2,1-2H3. The molecule has 0 aromatic heterocycles. The van der Waals surface area contributed by atoms with Gasteiger partial charge in [-0.1, -0.05) is 43.3 Å². The van der Waals surface area contributed by atoms with Gasteiger partial charge in [0.1, 0.15) is 29.2 Å². The Morgan fingerprint density at radius 2 is 1.56 bits per heavy atom. The van der Waals surface area contributed by atoms with E-state index in [0.29, 0.717) is 25.3 Å². The van der Waals surface area contributed by atoms with Crippen LogP contribution in [0.3, 0.4) is 0 Å². The molecule has 1 aliphatic heterocycles. The third-order valence-electron chi connectivity index (χ3n) is 7.21. The second-order valence-electron chi connectivity index (χ2n) is 9.34. The van der Waals surface area contributed by atoms with Crippen LogP contribution in [0.4, 0.5) is 0 Å². The molecule has 168 valence electrons. The molecule has 0 saturated heterocycles. The molecule has 5 nitrogen and oxygen atoms in total. The van der Waals surface area contributed by atoms with Crippen LogP contribution in [0.25, 0.3) is 0 Å². The smallest absolute Gasteiger partial charge is 0.314 e. The molecule has 1 heterocycles. The molecule has 32 heavy (non-hydrogen) atoms. The van der Waals surface area contributed by atoms with Crippen LogP contribution >= 0.6 is 23.5 Å². The summed E-state index contributed by atoms with van der Waals surface area (Å²) in [5, 5.41) is 28.8. The molecule has 2 aliphatic carbocycles. The normalized spacial score (nSPS) is 27.2. The van der Waals surface area contributed by atoms with Gasteiger partial charge in [0.25, 0.3) is 0 Å². The number of aryl methyl sites for hydroxylation is 1. The monoisotopic (exact) mass is 468 g/mol. The fraction of sp³-hybridized carbons (Fsp3) is 0.560. The van der Waals surface area contributed by atoms with E-state index in [9.17, 15) is 20.4 Å². The number of phenolic OH excluding ortho intramolecular Hbond substituents is 1. The lowest BCUT2D eigenvalue weighted by Gasteiger charge is -2.36. The van der Waals surface area contributed by atoms with Crippen molar-refractivity contribution in [2.45, 2.75) is 75.0 Å². The average molecular weight is 469 g/mol. The summed E-state index contributed by atoms with van der Waals surface area (Å²) in [6.07, 6.45) is 9.26. The molecular formula is C25H28N2O3S2. The molecule has 4 rings (SSSR count). The Morgan fingerprint density at radius 3 is 2.16 bits per heavy atom. The average Bonchev–Trinajstić information content (AvgIpc) is 3.24. The summed E-state index contributed by atoms with van der Waals surface area (Å²) in [7, 11) is 0. The minimum Gasteiger partial charge on any atom is -0.507 e. The molecule has 7 heteroatoms. The highest BCUT2D eigenvalue weighted by Crippen LogP contribution is 2.59. The van der Waals surface area contributed by atoms with Gasteiger partial charge in [0.15, 0.2) is 0 Å². The number of hydrogen-bond acceptors (Lipinski definition) is 7. The molecule has 1 aromatic carbocycles. The van der Waals surface area contributed by atoms with Crippen LogP contribution in [0.2, 0.25) is 0 Å². The molecule has 2 saturated carbocycles. The van der Waals surface area contributed by atoms with Crippen LogP contribution in [0.1, 0.15) is 63.9 Å². The number of aromatic hydroxyl groups is 1. The first kappa shape index (κ1) is 23.1. The lowest BCUT2D eigenvalue weighted by Crippen LogP contribution is -2.30. The van der Waals surface area contributed by atoms with Gasteiger partial charge >= 0.3 is 5.97 Å². The maximum Gasteiger partial charge on any atom is 0.314 e. The van der Waals surface area contributed by atoms with Crippen LogP contribution in [-0.2, 0) is 4.79 Å². The van der Waals surface area contributed by atoms with Gasteiger partial charge in [0, 0.05) is 0 Å². The van der Waals surface area contributed by atoms with Crippen molar-refractivity contribution in [1.82, 2.24) is 0 Å². The Bertz CT molecular complexity index is 1010. The van der Waals surface area contributed by atoms with E-state index in [0.717, 1.165) is 43.4 Å². The molecule has 1 N–H and O–H groups in total. The molecule has 0 atom stereocenters. The maximum absolute atomic E-state index is 13.0. The van der Waals surface area contributed by atoms with Crippen molar-refractivity contribution in [1.29, 1.82) is 10.5 Å². The molecule has 0 unspecified atom stereocenters. The van der Waals surface area contributed by atoms with Crippen LogP contribution in [0.15, 0.2) is 25.7 Å². The highest BCUT2D eigenvalue weighted by Gasteiger charge is 2.35. The van der Waals surface area contributed by atoms with Gasteiger partial charge in [0.2, 0.25) is 0 Å². The first-order valence-electron chi connectivity index (χ1n) is 11.4. The first-order valence-corrected chi connectivity index (χ1v) is 13.0. The van der Waals surface area contributed by atoms with Crippen LogP contribution in [0.5, 0.6) is 11.5 Å². The Labute approximate surface area is 198 Å². The van der Waals surface area contributed by atoms with Gasteiger partial charge in [-0.3, -0.25) is 4.79 Å². The third-order valence-corrected chi connectivity index (χ3v) is 9.83. The van der Waals surface area contributed by atoms with Crippen LogP contribution < -0.4 is 4.74 Å². The van der Waals surface area contributed by atoms with Crippen LogP contribution in [0, 0.1) is 53.3 Å². The number of allylic oxidation sites excluding steroid dienone is 1. The van der Waals surface area contributed by atoms with Gasteiger partial charge < -0.3 is 9.84 Å². The molecule has 3 aliphatic rings. The van der Waals surface area contributed by atoms with Crippen molar-refractivity contribution in [3.05, 3.63) is 21.4 Å². The molecule has 0 amide bonds. The number of fused-ring (bicyclic) bond motifs is 1. The van der Waals surface area contributed by atoms with Gasteiger partial charge in [-0.25, -0.2) is 0 Å². The van der Waals surface area contributed by atoms with Crippen molar-refractivity contribution in [2.24, 2.45) is 23.7 Å². The van der Waals surface area contributed by atoms with Gasteiger partial charge in [-0.2, -0.15) is 10.5 Å². The molecule has 2 fully saturated rings. The highest BCUT2D eigenvalue weighted by molar-refractivity contribution is 8.24. The van der Waals surface area contributed by atoms with Crippen molar-refractivity contribution >= 4 is 29.5 Å². The highest BCUT2D eigenvalue weighted by atomic mass is 32.2. The number of carbonyl (C=O) groups is 1. The summed E-state index contributed by atoms with van der Waals surface area (Å²) in [5.41, 5.74) is 0.672. The lowest BCUT2D eigenvalue weighted by molar-refractivity contribution is -0.140. The number of phenols is 1. The predicted molar refractivity (Wildman–Crippen MR) is 125 cm³/mol. The predicted octanol–water partition coefficient (Wildman–Crippen LogP) is 6.70. The number of rotatable bonds is 3. The number of nitrogens with zero attached hydrogens (tertiary/aromatic N) is 2. The zero-order valence-corrected chi connectivity index (χ0v) is 20.2. The number of esters is 1. The minimum absolute atomic E-state index is 0.000887. The van der Waals surface area contributed by atoms with E-state index in [-0.39, 0.29) is 23.2 Å². The Balaban J connectivity index is 1.44. The third kappa shape index (κ3) is 4.65. The second-order valence-corrected chi connectivity index (χ2v) is 11.6. The number of carbonyl (C=O) groups excluding carboxylic acids is 1. The van der Waals surface area contributed by atoms with Crippen LogP contribution in [-0.4, -0.2) is 11.1 Å². The van der Waals surface area contributed by atoms with E-state index in [1.165, 1.54) is 49.2 Å². The van der Waals surface area contributed by atoms with Crippen molar-refractivity contribution in [3.63, 3.8) is 0 Å². The summed E-state index contributed by atoms with van der Waals surface area (Å²) in [5.74, 6) is 2.62. The summed E-state index contributed by atoms with van der Waals surface area (Å²) in [6.45, 7) is 4.15. The fourth-order valence-electron chi connectivity index (χ4n) is 5.24. The van der Waals surface area contributed by atoms with Crippen molar-refractivity contribution in [2.75, 3.05) is 0 Å².